The number of rotatable bonds is 7. The van der Waals surface area contributed by atoms with Gasteiger partial charge in [-0.25, -0.2) is 18.6 Å². The minimum absolute atomic E-state index is 0.0144. The largest absolute Gasteiger partial charge is 0.439 e. The summed E-state index contributed by atoms with van der Waals surface area (Å²) in [4.78, 5) is 18.4. The summed E-state index contributed by atoms with van der Waals surface area (Å²) in [5.41, 5.74) is 7.72. The number of nitrogens with zero attached hydrogens (tertiary/aromatic N) is 2. The summed E-state index contributed by atoms with van der Waals surface area (Å²) >= 11 is 0. The molecule has 0 bridgehead atoms. The highest BCUT2D eigenvalue weighted by molar-refractivity contribution is 6.74. The third-order valence-electron chi connectivity index (χ3n) is 8.49. The molecule has 13 heteroatoms. The molecule has 2 aromatic rings. The van der Waals surface area contributed by atoms with Crippen LogP contribution in [0, 0.1) is 5.92 Å². The normalized spacial score (nSPS) is 22.8. The van der Waals surface area contributed by atoms with Gasteiger partial charge >= 0.3 is 12.2 Å². The van der Waals surface area contributed by atoms with Gasteiger partial charge in [0, 0.05) is 12.8 Å². The van der Waals surface area contributed by atoms with Gasteiger partial charge in [0.05, 0.1) is 25.2 Å². The number of aromatic nitrogens is 1. The van der Waals surface area contributed by atoms with Gasteiger partial charge in [-0.2, -0.15) is 13.2 Å². The van der Waals surface area contributed by atoms with E-state index >= 15 is 0 Å². The number of amides is 2. The molecule has 1 aromatic carbocycles. The van der Waals surface area contributed by atoms with Gasteiger partial charge < -0.3 is 24.8 Å². The summed E-state index contributed by atoms with van der Waals surface area (Å²) in [5.74, 6) is -2.65. The molecule has 2 heterocycles. The van der Waals surface area contributed by atoms with Crippen molar-refractivity contribution in [3.63, 3.8) is 0 Å². The van der Waals surface area contributed by atoms with Crippen molar-refractivity contribution < 1.29 is 35.6 Å². The standard InChI is InChI=1S/C26H37F5N4O3Si/c1-24(2,3)39(4,5)37-14-18(35-13-20(26(29,30)31)34-23(35)36)16-6-7-19-17(12-16)33-22(38-19)21(32)15-8-10-25(27,28)11-9-15/h6-7,12,15,18,20-21H,8-11,13-14,32H2,1-5H3,(H,34,36)/t18-,20-,21-/m0/s1. The topological polar surface area (TPSA) is 93.6 Å². The van der Waals surface area contributed by atoms with Crippen LogP contribution in [0.15, 0.2) is 22.6 Å². The van der Waals surface area contributed by atoms with Crippen molar-refractivity contribution >= 4 is 25.4 Å². The van der Waals surface area contributed by atoms with Gasteiger partial charge in [-0.05, 0) is 54.6 Å². The minimum Gasteiger partial charge on any atom is -0.439 e. The zero-order valence-corrected chi connectivity index (χ0v) is 23.9. The molecule has 1 saturated heterocycles. The molecule has 39 heavy (non-hydrogen) atoms. The highest BCUT2D eigenvalue weighted by atomic mass is 28.4. The summed E-state index contributed by atoms with van der Waals surface area (Å²) in [6, 6.07) is 0.714. The number of oxazole rings is 1. The van der Waals surface area contributed by atoms with E-state index in [1.165, 1.54) is 0 Å². The van der Waals surface area contributed by atoms with Crippen molar-refractivity contribution in [1.82, 2.24) is 15.2 Å². The van der Waals surface area contributed by atoms with Crippen LogP contribution in [-0.2, 0) is 4.43 Å². The number of hydrogen-bond acceptors (Lipinski definition) is 5. The van der Waals surface area contributed by atoms with Crippen molar-refractivity contribution in [2.45, 2.75) is 94.8 Å². The molecular weight excluding hydrogens is 539 g/mol. The number of alkyl halides is 5. The van der Waals surface area contributed by atoms with Crippen LogP contribution in [0.5, 0.6) is 0 Å². The van der Waals surface area contributed by atoms with Crippen molar-refractivity contribution in [2.75, 3.05) is 13.2 Å². The van der Waals surface area contributed by atoms with Crippen molar-refractivity contribution in [3.05, 3.63) is 29.7 Å². The fraction of sp³-hybridized carbons (Fsp3) is 0.692. The van der Waals surface area contributed by atoms with Gasteiger partial charge in [-0.1, -0.05) is 26.8 Å². The maximum absolute atomic E-state index is 13.6. The predicted octanol–water partition coefficient (Wildman–Crippen LogP) is 6.67. The SMILES string of the molecule is CC(C)(C)[Si](C)(C)OC[C@@H](c1ccc2oc([C@@H](N)C3CCC(F)(F)CC3)nc2c1)N1C[C@@H](C(F)(F)F)NC1=O. The van der Waals surface area contributed by atoms with E-state index in [-0.39, 0.29) is 49.1 Å². The zero-order chi connectivity index (χ0) is 29.0. The lowest BCUT2D eigenvalue weighted by atomic mass is 9.82. The number of halogens is 5. The molecule has 1 aromatic heterocycles. The number of carbonyl (C=O) groups excluding carboxylic acids is 1. The molecule has 1 aliphatic carbocycles. The predicted molar refractivity (Wildman–Crippen MR) is 139 cm³/mol. The first-order valence-electron chi connectivity index (χ1n) is 13.2. The average molecular weight is 577 g/mol. The quantitative estimate of drug-likeness (QED) is 0.284. The van der Waals surface area contributed by atoms with Gasteiger partial charge in [0.1, 0.15) is 11.6 Å². The number of urea groups is 1. The van der Waals surface area contributed by atoms with Crippen molar-refractivity contribution in [1.29, 1.82) is 0 Å². The summed E-state index contributed by atoms with van der Waals surface area (Å²) in [5, 5.41) is 1.88. The Labute approximate surface area is 225 Å². The Morgan fingerprint density at radius 2 is 1.87 bits per heavy atom. The minimum atomic E-state index is -4.58. The zero-order valence-electron chi connectivity index (χ0n) is 22.9. The van der Waals surface area contributed by atoms with Gasteiger partial charge in [0.2, 0.25) is 11.8 Å². The van der Waals surface area contributed by atoms with Crippen LogP contribution in [0.25, 0.3) is 11.1 Å². The first-order valence-corrected chi connectivity index (χ1v) is 16.1. The van der Waals surface area contributed by atoms with Gasteiger partial charge in [0.15, 0.2) is 13.9 Å². The van der Waals surface area contributed by atoms with E-state index in [0.717, 1.165) is 4.90 Å². The van der Waals surface area contributed by atoms with Crippen molar-refractivity contribution in [2.24, 2.45) is 11.7 Å². The van der Waals surface area contributed by atoms with Crippen LogP contribution in [0.3, 0.4) is 0 Å². The number of nitrogens with one attached hydrogen (secondary N) is 1. The van der Waals surface area contributed by atoms with Crippen LogP contribution in [0.4, 0.5) is 26.7 Å². The molecule has 2 aliphatic rings. The molecule has 4 rings (SSSR count). The third-order valence-corrected chi connectivity index (χ3v) is 13.0. The monoisotopic (exact) mass is 576 g/mol. The fourth-order valence-corrected chi connectivity index (χ4v) is 5.82. The first kappa shape index (κ1) is 29.7. The maximum atomic E-state index is 13.6. The Kier molecular flexibility index (Phi) is 7.85. The Morgan fingerprint density at radius 1 is 1.23 bits per heavy atom. The maximum Gasteiger partial charge on any atom is 0.410 e. The highest BCUT2D eigenvalue weighted by Gasteiger charge is 2.49. The van der Waals surface area contributed by atoms with Crippen LogP contribution in [0.1, 0.15) is 70.0 Å². The Morgan fingerprint density at radius 3 is 2.44 bits per heavy atom. The molecule has 0 unspecified atom stereocenters. The van der Waals surface area contributed by atoms with Gasteiger partial charge in [0.25, 0.3) is 0 Å². The lowest BCUT2D eigenvalue weighted by Gasteiger charge is -2.38. The summed E-state index contributed by atoms with van der Waals surface area (Å²) in [6.45, 7) is 9.68. The molecule has 1 aliphatic heterocycles. The number of fused-ring (bicyclic) bond motifs is 1. The Balaban J connectivity index is 1.62. The van der Waals surface area contributed by atoms with Crippen LogP contribution in [0.2, 0.25) is 18.1 Å². The molecule has 218 valence electrons. The van der Waals surface area contributed by atoms with Crippen LogP contribution in [-0.4, -0.2) is 55.5 Å². The summed E-state index contributed by atoms with van der Waals surface area (Å²) in [7, 11) is -2.31. The Bertz CT molecular complexity index is 1190. The molecule has 2 amide bonds. The molecule has 3 N–H and O–H groups in total. The van der Waals surface area contributed by atoms with Crippen LogP contribution >= 0.6 is 0 Å². The fourth-order valence-electron chi connectivity index (χ4n) is 4.82. The second-order valence-corrected chi connectivity index (χ2v) is 17.1. The number of hydrogen-bond donors (Lipinski definition) is 2. The van der Waals surface area contributed by atoms with E-state index < -0.39 is 51.1 Å². The molecule has 1 saturated carbocycles. The Hall–Kier alpha value is -2.25. The second-order valence-electron chi connectivity index (χ2n) is 12.3. The number of benzene rings is 1. The summed E-state index contributed by atoms with van der Waals surface area (Å²) < 4.78 is 79.7. The lowest BCUT2D eigenvalue weighted by Crippen LogP contribution is -2.44. The lowest BCUT2D eigenvalue weighted by molar-refractivity contribution is -0.150. The molecule has 0 radical (unpaired) electrons. The van der Waals surface area contributed by atoms with Crippen molar-refractivity contribution in [3.8, 4) is 0 Å². The highest BCUT2D eigenvalue weighted by Crippen LogP contribution is 2.42. The molecule has 0 spiro atoms. The first-order chi connectivity index (χ1) is 17.9. The van der Waals surface area contributed by atoms with Gasteiger partial charge in [-0.3, -0.25) is 0 Å². The van der Waals surface area contributed by atoms with E-state index in [4.69, 9.17) is 14.6 Å². The van der Waals surface area contributed by atoms with E-state index in [9.17, 15) is 26.7 Å². The average Bonchev–Trinajstić information content (AvgIpc) is 3.41. The molecular formula is C26H37F5N4O3Si. The van der Waals surface area contributed by atoms with E-state index in [1.807, 2.05) is 18.4 Å². The van der Waals surface area contributed by atoms with E-state index in [0.29, 0.717) is 16.7 Å². The third kappa shape index (κ3) is 6.40. The second kappa shape index (κ2) is 10.3. The van der Waals surface area contributed by atoms with E-state index in [2.05, 4.69) is 25.8 Å². The molecule has 3 atom stereocenters. The van der Waals surface area contributed by atoms with Gasteiger partial charge in [-0.15, -0.1) is 0 Å². The molecule has 2 fully saturated rings. The van der Waals surface area contributed by atoms with Crippen LogP contribution < -0.4 is 11.1 Å². The summed E-state index contributed by atoms with van der Waals surface area (Å²) in [6.07, 6.45) is -4.53. The van der Waals surface area contributed by atoms with E-state index in [1.54, 1.807) is 18.2 Å². The number of nitrogens with two attached hydrogens (primary N) is 1. The molecule has 7 nitrogen and oxygen atoms in total. The number of carbonyl (C=O) groups is 1. The smallest absolute Gasteiger partial charge is 0.410 e.